The number of rotatable bonds is 2. The van der Waals surface area contributed by atoms with Gasteiger partial charge in [0.05, 0.1) is 0 Å². The van der Waals surface area contributed by atoms with Crippen LogP contribution in [0, 0.1) is 18.8 Å². The summed E-state index contributed by atoms with van der Waals surface area (Å²) in [5.74, 6) is 2.66. The molecule has 1 N–H and O–H groups in total. The first-order valence-corrected chi connectivity index (χ1v) is 5.87. The monoisotopic (exact) mass is 203 g/mol. The molecule has 3 nitrogen and oxygen atoms in total. The largest absolute Gasteiger partial charge is 0.351 e. The summed E-state index contributed by atoms with van der Waals surface area (Å²) in [6, 6.07) is 2.57. The Kier molecular flexibility index (Phi) is 2.11. The Morgan fingerprint density at radius 1 is 1.33 bits per heavy atom. The Balaban J connectivity index is 1.71. The van der Waals surface area contributed by atoms with E-state index >= 15 is 0 Å². The minimum absolute atomic E-state index is 0.630. The summed E-state index contributed by atoms with van der Waals surface area (Å²) in [7, 11) is 0. The van der Waals surface area contributed by atoms with E-state index in [-0.39, 0.29) is 0 Å². The molecule has 2 aliphatic carbocycles. The lowest BCUT2D eigenvalue weighted by Crippen LogP contribution is -2.26. The van der Waals surface area contributed by atoms with Crippen molar-refractivity contribution in [2.24, 2.45) is 11.8 Å². The third kappa shape index (κ3) is 1.71. The quantitative estimate of drug-likeness (QED) is 0.802. The molecule has 2 aliphatic rings. The Hall–Kier alpha value is -1.12. The van der Waals surface area contributed by atoms with Crippen molar-refractivity contribution in [1.29, 1.82) is 0 Å². The number of fused-ring (bicyclic) bond motifs is 2. The summed E-state index contributed by atoms with van der Waals surface area (Å²) in [6.45, 7) is 2.01. The highest BCUT2D eigenvalue weighted by molar-refractivity contribution is 5.28. The highest BCUT2D eigenvalue weighted by Gasteiger charge is 2.39. The number of nitrogens with zero attached hydrogens (tertiary/aromatic N) is 2. The molecular weight excluding hydrogens is 186 g/mol. The second kappa shape index (κ2) is 3.47. The number of hydrogen-bond acceptors (Lipinski definition) is 3. The van der Waals surface area contributed by atoms with E-state index in [1.165, 1.54) is 25.7 Å². The minimum Gasteiger partial charge on any atom is -0.351 e. The lowest BCUT2D eigenvalue weighted by molar-refractivity contribution is 0.438. The van der Waals surface area contributed by atoms with Crippen molar-refractivity contribution in [2.45, 2.75) is 38.6 Å². The van der Waals surface area contributed by atoms with Crippen molar-refractivity contribution in [3.8, 4) is 0 Å². The van der Waals surface area contributed by atoms with Gasteiger partial charge in [0, 0.05) is 17.9 Å². The Morgan fingerprint density at radius 3 is 2.93 bits per heavy atom. The molecule has 3 atom stereocenters. The molecule has 3 heteroatoms. The summed E-state index contributed by atoms with van der Waals surface area (Å²) in [5.41, 5.74) is 1.04. The zero-order valence-electron chi connectivity index (χ0n) is 9.11. The van der Waals surface area contributed by atoms with Crippen LogP contribution >= 0.6 is 0 Å². The van der Waals surface area contributed by atoms with Gasteiger partial charge in [-0.25, -0.2) is 9.97 Å². The van der Waals surface area contributed by atoms with Crippen molar-refractivity contribution < 1.29 is 0 Å². The first-order valence-electron chi connectivity index (χ1n) is 5.87. The Labute approximate surface area is 90.3 Å². The maximum Gasteiger partial charge on any atom is 0.223 e. The fraction of sp³-hybridized carbons (Fsp3) is 0.667. The van der Waals surface area contributed by atoms with Gasteiger partial charge in [-0.3, -0.25) is 0 Å². The average Bonchev–Trinajstić information content (AvgIpc) is 2.79. The van der Waals surface area contributed by atoms with Gasteiger partial charge < -0.3 is 5.32 Å². The normalized spacial score (nSPS) is 33.3. The molecule has 0 aromatic carbocycles. The molecule has 2 fully saturated rings. The number of anilines is 1. The molecule has 0 radical (unpaired) electrons. The smallest absolute Gasteiger partial charge is 0.223 e. The molecule has 2 bridgehead atoms. The zero-order chi connectivity index (χ0) is 10.3. The minimum atomic E-state index is 0.630. The molecular formula is C12H17N3. The van der Waals surface area contributed by atoms with Crippen LogP contribution in [0.5, 0.6) is 0 Å². The van der Waals surface area contributed by atoms with E-state index in [4.69, 9.17) is 0 Å². The highest BCUT2D eigenvalue weighted by Crippen LogP contribution is 2.45. The van der Waals surface area contributed by atoms with Gasteiger partial charge in [-0.05, 0) is 44.1 Å². The third-order valence-corrected chi connectivity index (χ3v) is 3.85. The number of aromatic nitrogens is 2. The van der Waals surface area contributed by atoms with Crippen LogP contribution in [0.1, 0.15) is 31.4 Å². The van der Waals surface area contributed by atoms with Crippen LogP contribution in [0.2, 0.25) is 0 Å². The highest BCUT2D eigenvalue weighted by atomic mass is 15.1. The van der Waals surface area contributed by atoms with E-state index in [1.807, 2.05) is 19.2 Å². The van der Waals surface area contributed by atoms with Gasteiger partial charge in [-0.1, -0.05) is 6.42 Å². The molecule has 3 unspecified atom stereocenters. The first-order chi connectivity index (χ1) is 7.31. The predicted octanol–water partition coefficient (Wildman–Crippen LogP) is 2.39. The van der Waals surface area contributed by atoms with Crippen molar-refractivity contribution in [2.75, 3.05) is 5.32 Å². The van der Waals surface area contributed by atoms with Gasteiger partial charge in [0.2, 0.25) is 5.95 Å². The average molecular weight is 203 g/mol. The predicted molar refractivity (Wildman–Crippen MR) is 59.6 cm³/mol. The molecule has 1 aromatic heterocycles. The molecule has 3 rings (SSSR count). The molecule has 80 valence electrons. The van der Waals surface area contributed by atoms with E-state index < -0.39 is 0 Å². The standard InChI is InChI=1S/C12H17N3/c1-8-4-5-13-12(14-8)15-11-7-9-2-3-10(11)6-9/h4-5,9-11H,2-3,6-7H2,1H3,(H,13,14,15). The topological polar surface area (TPSA) is 37.8 Å². The van der Waals surface area contributed by atoms with E-state index in [9.17, 15) is 0 Å². The van der Waals surface area contributed by atoms with Crippen molar-refractivity contribution in [3.05, 3.63) is 18.0 Å². The van der Waals surface area contributed by atoms with Gasteiger partial charge in [-0.15, -0.1) is 0 Å². The van der Waals surface area contributed by atoms with E-state index in [0.29, 0.717) is 6.04 Å². The van der Waals surface area contributed by atoms with Crippen LogP contribution in [0.3, 0.4) is 0 Å². The van der Waals surface area contributed by atoms with Crippen LogP contribution in [0.25, 0.3) is 0 Å². The second-order valence-electron chi connectivity index (χ2n) is 4.95. The second-order valence-corrected chi connectivity index (χ2v) is 4.95. The molecule has 15 heavy (non-hydrogen) atoms. The van der Waals surface area contributed by atoms with E-state index in [0.717, 1.165) is 23.5 Å². The molecule has 2 saturated carbocycles. The fourth-order valence-corrected chi connectivity index (χ4v) is 3.11. The Bertz CT molecular complexity index is 364. The third-order valence-electron chi connectivity index (χ3n) is 3.85. The number of aryl methyl sites for hydroxylation is 1. The summed E-state index contributed by atoms with van der Waals surface area (Å²) in [5, 5.41) is 3.49. The molecule has 1 aromatic rings. The fourth-order valence-electron chi connectivity index (χ4n) is 3.11. The molecule has 1 heterocycles. The van der Waals surface area contributed by atoms with Crippen LogP contribution in [0.15, 0.2) is 12.3 Å². The first kappa shape index (κ1) is 9.13. The van der Waals surface area contributed by atoms with Crippen molar-refractivity contribution in [1.82, 2.24) is 9.97 Å². The van der Waals surface area contributed by atoms with Gasteiger partial charge >= 0.3 is 0 Å². The van der Waals surface area contributed by atoms with Crippen LogP contribution in [-0.2, 0) is 0 Å². The van der Waals surface area contributed by atoms with Gasteiger partial charge in [0.15, 0.2) is 0 Å². The maximum absolute atomic E-state index is 4.40. The van der Waals surface area contributed by atoms with Crippen molar-refractivity contribution in [3.63, 3.8) is 0 Å². The SMILES string of the molecule is Cc1ccnc(NC2CC3CCC2C3)n1. The summed E-state index contributed by atoms with van der Waals surface area (Å²) >= 11 is 0. The van der Waals surface area contributed by atoms with E-state index in [2.05, 4.69) is 15.3 Å². The van der Waals surface area contributed by atoms with Gasteiger partial charge in [0.1, 0.15) is 0 Å². The van der Waals surface area contributed by atoms with Gasteiger partial charge in [-0.2, -0.15) is 0 Å². The van der Waals surface area contributed by atoms with Crippen molar-refractivity contribution >= 4 is 5.95 Å². The summed E-state index contributed by atoms with van der Waals surface area (Å²) in [4.78, 5) is 8.66. The summed E-state index contributed by atoms with van der Waals surface area (Å²) < 4.78 is 0. The molecule has 0 saturated heterocycles. The van der Waals surface area contributed by atoms with Crippen LogP contribution < -0.4 is 5.32 Å². The number of nitrogens with one attached hydrogen (secondary N) is 1. The lowest BCUT2D eigenvalue weighted by atomic mass is 9.95. The molecule has 0 amide bonds. The maximum atomic E-state index is 4.40. The summed E-state index contributed by atoms with van der Waals surface area (Å²) in [6.07, 6.45) is 7.41. The lowest BCUT2D eigenvalue weighted by Gasteiger charge is -2.22. The van der Waals surface area contributed by atoms with Crippen LogP contribution in [0.4, 0.5) is 5.95 Å². The van der Waals surface area contributed by atoms with Gasteiger partial charge in [0.25, 0.3) is 0 Å². The number of hydrogen-bond donors (Lipinski definition) is 1. The van der Waals surface area contributed by atoms with Crippen LogP contribution in [-0.4, -0.2) is 16.0 Å². The molecule has 0 spiro atoms. The Morgan fingerprint density at radius 2 is 2.27 bits per heavy atom. The van der Waals surface area contributed by atoms with E-state index in [1.54, 1.807) is 0 Å². The zero-order valence-corrected chi connectivity index (χ0v) is 9.11. The molecule has 0 aliphatic heterocycles.